The van der Waals surface area contributed by atoms with Crippen LogP contribution in [0.4, 0.5) is 0 Å². The van der Waals surface area contributed by atoms with E-state index in [4.69, 9.17) is 4.52 Å². The average molecular weight is 354 g/mol. The zero-order chi connectivity index (χ0) is 14.0. The van der Waals surface area contributed by atoms with Gasteiger partial charge >= 0.3 is 0 Å². The number of rotatable bonds is 4. The first kappa shape index (κ1) is 14.1. The summed E-state index contributed by atoms with van der Waals surface area (Å²) < 4.78 is 6.52. The van der Waals surface area contributed by atoms with Gasteiger partial charge in [-0.05, 0) is 54.4 Å². The highest BCUT2D eigenvalue weighted by Gasteiger charge is 2.35. The number of benzene rings is 1. The van der Waals surface area contributed by atoms with Crippen LogP contribution in [0.15, 0.2) is 38.2 Å². The Hall–Kier alpha value is -0.850. The molecule has 1 unspecified atom stereocenters. The maximum absolute atomic E-state index is 5.42. The normalized spacial score (nSPS) is 22.3. The molecule has 0 bridgehead atoms. The van der Waals surface area contributed by atoms with Gasteiger partial charge < -0.3 is 9.84 Å². The van der Waals surface area contributed by atoms with Crippen LogP contribution in [0.1, 0.15) is 31.5 Å². The molecule has 0 spiro atoms. The highest BCUT2D eigenvalue weighted by atomic mass is 79.9. The lowest BCUT2D eigenvalue weighted by Crippen LogP contribution is -2.33. The Morgan fingerprint density at radius 2 is 2.30 bits per heavy atom. The Labute approximate surface area is 130 Å². The van der Waals surface area contributed by atoms with E-state index < -0.39 is 0 Å². The van der Waals surface area contributed by atoms with Gasteiger partial charge in [0.25, 0.3) is 0 Å². The third-order valence-electron chi connectivity index (χ3n) is 3.50. The number of hydrogen-bond donors (Lipinski definition) is 1. The number of nitrogens with one attached hydrogen (secondary N) is 1. The third-order valence-corrected chi connectivity index (χ3v) is 5.53. The van der Waals surface area contributed by atoms with Crippen LogP contribution in [-0.4, -0.2) is 16.7 Å². The van der Waals surface area contributed by atoms with Crippen LogP contribution in [0.2, 0.25) is 0 Å². The molecule has 0 saturated carbocycles. The predicted molar refractivity (Wildman–Crippen MR) is 82.6 cm³/mol. The Bertz CT molecular complexity index is 596. The zero-order valence-electron chi connectivity index (χ0n) is 11.2. The van der Waals surface area contributed by atoms with E-state index in [0.29, 0.717) is 11.6 Å². The van der Waals surface area contributed by atoms with Crippen LogP contribution in [0.25, 0.3) is 0 Å². The molecule has 0 amide bonds. The molecule has 2 aromatic rings. The van der Waals surface area contributed by atoms with E-state index in [2.05, 4.69) is 44.4 Å². The second kappa shape index (κ2) is 5.87. The van der Waals surface area contributed by atoms with Gasteiger partial charge in [-0.1, -0.05) is 17.3 Å². The molecular weight excluding hydrogens is 338 g/mol. The van der Waals surface area contributed by atoms with E-state index in [-0.39, 0.29) is 5.54 Å². The van der Waals surface area contributed by atoms with Crippen molar-refractivity contribution in [3.63, 3.8) is 0 Å². The summed E-state index contributed by atoms with van der Waals surface area (Å²) in [4.78, 5) is 5.72. The summed E-state index contributed by atoms with van der Waals surface area (Å²) in [5.41, 5.74) is -0.150. The van der Waals surface area contributed by atoms with Gasteiger partial charge in [0.1, 0.15) is 0 Å². The molecule has 0 radical (unpaired) electrons. The molecular formula is C14H16BrN3OS. The Balaban J connectivity index is 1.67. The standard InChI is InChI=1S/C14H16BrN3OS/c1-14(7-4-8-16-14)13-17-12(18-19-13)9-20-11-6-3-2-5-10(11)15/h2-3,5-6,16H,4,7-9H2,1H3. The van der Waals surface area contributed by atoms with Crippen LogP contribution in [0.5, 0.6) is 0 Å². The Morgan fingerprint density at radius 3 is 3.05 bits per heavy atom. The molecule has 20 heavy (non-hydrogen) atoms. The number of halogens is 1. The monoisotopic (exact) mass is 353 g/mol. The van der Waals surface area contributed by atoms with Crippen LogP contribution in [-0.2, 0) is 11.3 Å². The second-order valence-corrected chi connectivity index (χ2v) is 6.97. The molecule has 1 aliphatic heterocycles. The summed E-state index contributed by atoms with van der Waals surface area (Å²) in [5, 5.41) is 7.52. The average Bonchev–Trinajstić information content (AvgIpc) is 3.08. The number of thioether (sulfide) groups is 1. The molecule has 1 saturated heterocycles. The molecule has 1 aromatic carbocycles. The molecule has 1 fully saturated rings. The number of aromatic nitrogens is 2. The summed E-state index contributed by atoms with van der Waals surface area (Å²) in [6.07, 6.45) is 2.20. The SMILES string of the molecule is CC1(c2nc(CSc3ccccc3Br)no2)CCCN1. The predicted octanol–water partition coefficient (Wildman–Crippen LogP) is 3.72. The molecule has 1 aliphatic rings. The fourth-order valence-electron chi connectivity index (χ4n) is 2.32. The molecule has 4 nitrogen and oxygen atoms in total. The van der Waals surface area contributed by atoms with Crippen molar-refractivity contribution < 1.29 is 4.52 Å². The quantitative estimate of drug-likeness (QED) is 0.848. The van der Waals surface area contributed by atoms with Crippen molar-refractivity contribution in [1.82, 2.24) is 15.5 Å². The fraction of sp³-hybridized carbons (Fsp3) is 0.429. The van der Waals surface area contributed by atoms with Crippen molar-refractivity contribution in [3.05, 3.63) is 40.5 Å². The smallest absolute Gasteiger partial charge is 0.246 e. The van der Waals surface area contributed by atoms with Gasteiger partial charge in [0.2, 0.25) is 5.89 Å². The van der Waals surface area contributed by atoms with E-state index in [1.807, 2.05) is 18.2 Å². The minimum Gasteiger partial charge on any atom is -0.337 e. The Kier molecular flexibility index (Phi) is 4.14. The van der Waals surface area contributed by atoms with Gasteiger partial charge in [0.15, 0.2) is 5.82 Å². The lowest BCUT2D eigenvalue weighted by atomic mass is 10.0. The largest absolute Gasteiger partial charge is 0.337 e. The van der Waals surface area contributed by atoms with Gasteiger partial charge in [0.05, 0.1) is 11.3 Å². The second-order valence-electron chi connectivity index (χ2n) is 5.10. The molecule has 3 rings (SSSR count). The first-order valence-corrected chi connectivity index (χ1v) is 8.41. The van der Waals surface area contributed by atoms with Crippen LogP contribution in [0, 0.1) is 0 Å². The third kappa shape index (κ3) is 2.92. The summed E-state index contributed by atoms with van der Waals surface area (Å²) in [6, 6.07) is 8.15. The zero-order valence-corrected chi connectivity index (χ0v) is 13.6. The number of hydrogen-bond acceptors (Lipinski definition) is 5. The molecule has 106 valence electrons. The highest BCUT2D eigenvalue weighted by molar-refractivity contribution is 9.10. The highest BCUT2D eigenvalue weighted by Crippen LogP contribution is 2.31. The molecule has 1 atom stereocenters. The molecule has 0 aliphatic carbocycles. The maximum atomic E-state index is 5.42. The van der Waals surface area contributed by atoms with Gasteiger partial charge in [-0.3, -0.25) is 0 Å². The summed E-state index contributed by atoms with van der Waals surface area (Å²) in [7, 11) is 0. The van der Waals surface area contributed by atoms with Crippen molar-refractivity contribution >= 4 is 27.7 Å². The molecule has 1 aromatic heterocycles. The topological polar surface area (TPSA) is 51.0 Å². The van der Waals surface area contributed by atoms with E-state index in [1.165, 1.54) is 4.90 Å². The van der Waals surface area contributed by atoms with E-state index >= 15 is 0 Å². The minimum absolute atomic E-state index is 0.150. The first-order valence-electron chi connectivity index (χ1n) is 6.63. The van der Waals surface area contributed by atoms with Crippen molar-refractivity contribution in [1.29, 1.82) is 0 Å². The molecule has 1 N–H and O–H groups in total. The summed E-state index contributed by atoms with van der Waals surface area (Å²) in [5.74, 6) is 2.16. The first-order chi connectivity index (χ1) is 9.67. The van der Waals surface area contributed by atoms with Gasteiger partial charge in [-0.2, -0.15) is 4.98 Å². The summed E-state index contributed by atoms with van der Waals surface area (Å²) in [6.45, 7) is 3.14. The van der Waals surface area contributed by atoms with Crippen LogP contribution < -0.4 is 5.32 Å². The van der Waals surface area contributed by atoms with E-state index in [0.717, 1.165) is 29.7 Å². The molecule has 6 heteroatoms. The molecule has 2 heterocycles. The Morgan fingerprint density at radius 1 is 1.45 bits per heavy atom. The van der Waals surface area contributed by atoms with Gasteiger partial charge in [0, 0.05) is 9.37 Å². The lowest BCUT2D eigenvalue weighted by molar-refractivity contribution is 0.274. The minimum atomic E-state index is -0.150. The van der Waals surface area contributed by atoms with Gasteiger partial charge in [-0.15, -0.1) is 11.8 Å². The van der Waals surface area contributed by atoms with Crippen LogP contribution >= 0.6 is 27.7 Å². The van der Waals surface area contributed by atoms with Gasteiger partial charge in [-0.25, -0.2) is 0 Å². The summed E-state index contributed by atoms with van der Waals surface area (Å²) >= 11 is 5.24. The maximum Gasteiger partial charge on any atom is 0.246 e. The van der Waals surface area contributed by atoms with Crippen molar-refractivity contribution in [2.24, 2.45) is 0 Å². The van der Waals surface area contributed by atoms with Crippen molar-refractivity contribution in [2.45, 2.75) is 36.0 Å². The van der Waals surface area contributed by atoms with Crippen LogP contribution in [0.3, 0.4) is 0 Å². The fourth-order valence-corrected chi connectivity index (χ4v) is 3.73. The van der Waals surface area contributed by atoms with E-state index in [9.17, 15) is 0 Å². The van der Waals surface area contributed by atoms with E-state index in [1.54, 1.807) is 11.8 Å². The lowest BCUT2D eigenvalue weighted by Gasteiger charge is -2.18. The van der Waals surface area contributed by atoms with Crippen molar-refractivity contribution in [2.75, 3.05) is 6.54 Å². The van der Waals surface area contributed by atoms with Crippen molar-refractivity contribution in [3.8, 4) is 0 Å². The number of nitrogens with zero attached hydrogens (tertiary/aromatic N) is 2.